The van der Waals surface area contributed by atoms with Crippen LogP contribution in [0.15, 0.2) is 34.8 Å². The van der Waals surface area contributed by atoms with E-state index in [1.807, 2.05) is 0 Å². The Morgan fingerprint density at radius 1 is 1.00 bits per heavy atom. The van der Waals surface area contributed by atoms with Gasteiger partial charge in [0.05, 0.1) is 9.85 Å². The molecule has 0 aliphatic carbocycles. The van der Waals surface area contributed by atoms with Crippen molar-refractivity contribution in [1.29, 1.82) is 0 Å². The van der Waals surface area contributed by atoms with Crippen LogP contribution in [0.1, 0.15) is 20.7 Å². The van der Waals surface area contributed by atoms with Gasteiger partial charge in [0.15, 0.2) is 6.17 Å². The van der Waals surface area contributed by atoms with Crippen LogP contribution in [0.2, 0.25) is 0 Å². The molecule has 2 rings (SSSR count). The largest absolute Gasteiger partial charge is 0.376 e. The average Bonchev–Trinajstić information content (AvgIpc) is 2.76. The number of rotatable bonds is 11. The summed E-state index contributed by atoms with van der Waals surface area (Å²) in [6.45, 7) is -1.20. The van der Waals surface area contributed by atoms with Gasteiger partial charge >= 0.3 is 6.05 Å². The van der Waals surface area contributed by atoms with Crippen LogP contribution in [0.5, 0.6) is 0 Å². The second-order valence-electron chi connectivity index (χ2n) is 6.87. The molecule has 0 spiro atoms. The minimum Gasteiger partial charge on any atom is -0.376 e. The smallest absolute Gasteiger partial charge is 0.357 e. The van der Waals surface area contributed by atoms with E-state index < -0.39 is 69.3 Å². The summed E-state index contributed by atoms with van der Waals surface area (Å²) in [6.07, 6.45) is -6.57. The second-order valence-corrected chi connectivity index (χ2v) is 7.73. The highest BCUT2D eigenvalue weighted by Gasteiger charge is 2.47. The second kappa shape index (κ2) is 10.5. The molecule has 0 saturated carbocycles. The number of amides is 2. The maximum absolute atomic E-state index is 14.4. The number of hydrogen-bond donors (Lipinski definition) is 4. The van der Waals surface area contributed by atoms with Gasteiger partial charge < -0.3 is 22.1 Å². The fraction of sp³-hybridized carbons (Fsp3) is 0.222. The molecular formula is C18H15BrF4N6O6. The summed E-state index contributed by atoms with van der Waals surface area (Å²) in [5.74, 6) is -2.11. The van der Waals surface area contributed by atoms with Gasteiger partial charge in [-0.25, -0.2) is 8.78 Å². The Bertz CT molecular complexity index is 1200. The van der Waals surface area contributed by atoms with Crippen molar-refractivity contribution in [1.82, 2.24) is 0 Å². The third kappa shape index (κ3) is 6.31. The summed E-state index contributed by atoms with van der Waals surface area (Å²) in [6, 6.07) is -0.787. The van der Waals surface area contributed by atoms with Crippen molar-refractivity contribution in [2.45, 2.75) is 18.4 Å². The first-order valence-electron chi connectivity index (χ1n) is 9.19. The molecule has 0 aromatic heterocycles. The summed E-state index contributed by atoms with van der Waals surface area (Å²) in [7, 11) is 0. The minimum absolute atomic E-state index is 0.154. The van der Waals surface area contributed by atoms with Crippen molar-refractivity contribution in [2.75, 3.05) is 17.2 Å². The molecule has 35 heavy (non-hydrogen) atoms. The van der Waals surface area contributed by atoms with Gasteiger partial charge in [-0.05, 0) is 34.1 Å². The molecular weight excluding hydrogens is 552 g/mol. The van der Waals surface area contributed by atoms with Crippen LogP contribution in [0.4, 0.5) is 40.3 Å². The van der Waals surface area contributed by atoms with Crippen LogP contribution in [0.3, 0.4) is 0 Å². The number of carbonyl (C=O) groups excluding carboxylic acids is 2. The summed E-state index contributed by atoms with van der Waals surface area (Å²) in [5.41, 5.74) is 6.19. The van der Waals surface area contributed by atoms with E-state index in [9.17, 15) is 47.4 Å². The number of primary amides is 2. The lowest BCUT2D eigenvalue weighted by Crippen LogP contribution is -2.46. The summed E-state index contributed by atoms with van der Waals surface area (Å²) in [4.78, 5) is 42.7. The number of hydrogen-bond acceptors (Lipinski definition) is 8. The molecule has 2 atom stereocenters. The normalized spacial score (nSPS) is 12.9. The number of nitrogens with two attached hydrogens (primary N) is 2. The van der Waals surface area contributed by atoms with E-state index in [4.69, 9.17) is 11.5 Å². The van der Waals surface area contributed by atoms with E-state index in [0.717, 1.165) is 18.2 Å². The molecule has 6 N–H and O–H groups in total. The standard InChI is InChI=1S/C18H15BrF4N6O6/c19-9-3-8(17(25)31)5-13(29(34)35)14(9)26-6-10(20)15(21)18(22,23)27-11-2-1-7(16(24)30)4-12(11)28(32)33/h1-5,10,15,26-27H,6H2,(H2,24,30)(H2,25,31). The third-order valence-electron chi connectivity index (χ3n) is 4.47. The zero-order valence-electron chi connectivity index (χ0n) is 17.1. The molecule has 0 aliphatic heterocycles. The molecule has 2 aromatic carbocycles. The maximum Gasteiger partial charge on any atom is 0.357 e. The molecule has 17 heteroatoms. The average molecular weight is 567 g/mol. The van der Waals surface area contributed by atoms with Gasteiger partial charge in [0, 0.05) is 34.3 Å². The molecule has 0 saturated heterocycles. The number of anilines is 2. The summed E-state index contributed by atoms with van der Waals surface area (Å²) in [5, 5.41) is 25.7. The lowest BCUT2D eigenvalue weighted by molar-refractivity contribution is -0.384. The van der Waals surface area contributed by atoms with Crippen molar-refractivity contribution in [3.05, 3.63) is 66.2 Å². The molecule has 2 amide bonds. The van der Waals surface area contributed by atoms with Crippen molar-refractivity contribution in [3.63, 3.8) is 0 Å². The van der Waals surface area contributed by atoms with Crippen molar-refractivity contribution >= 4 is 50.5 Å². The minimum atomic E-state index is -4.70. The van der Waals surface area contributed by atoms with E-state index in [2.05, 4.69) is 21.2 Å². The molecule has 0 bridgehead atoms. The van der Waals surface area contributed by atoms with Crippen molar-refractivity contribution in [3.8, 4) is 0 Å². The quantitative estimate of drug-likeness (QED) is 0.137. The van der Waals surface area contributed by atoms with Crippen molar-refractivity contribution in [2.24, 2.45) is 11.5 Å². The molecule has 0 radical (unpaired) electrons. The first-order valence-corrected chi connectivity index (χ1v) is 9.99. The topological polar surface area (TPSA) is 197 Å². The highest BCUT2D eigenvalue weighted by atomic mass is 79.9. The van der Waals surface area contributed by atoms with Crippen LogP contribution in [-0.4, -0.2) is 46.6 Å². The molecule has 0 aliphatic rings. The fourth-order valence-electron chi connectivity index (χ4n) is 2.77. The maximum atomic E-state index is 14.4. The zero-order valence-corrected chi connectivity index (χ0v) is 18.7. The molecule has 2 unspecified atom stereocenters. The molecule has 0 fully saturated rings. The Balaban J connectivity index is 2.24. The Morgan fingerprint density at radius 3 is 2.06 bits per heavy atom. The van der Waals surface area contributed by atoms with Gasteiger partial charge in [0.25, 0.3) is 11.4 Å². The summed E-state index contributed by atoms with van der Waals surface area (Å²) >= 11 is 2.89. The zero-order chi connectivity index (χ0) is 26.7. The van der Waals surface area contributed by atoms with E-state index in [1.54, 1.807) is 0 Å². The fourth-order valence-corrected chi connectivity index (χ4v) is 3.36. The molecule has 0 heterocycles. The van der Waals surface area contributed by atoms with Gasteiger partial charge in [-0.15, -0.1) is 0 Å². The lowest BCUT2D eigenvalue weighted by Gasteiger charge is -2.25. The Kier molecular flexibility index (Phi) is 8.16. The number of nitro groups is 2. The molecule has 2 aromatic rings. The van der Waals surface area contributed by atoms with Crippen LogP contribution in [0, 0.1) is 20.2 Å². The number of alkyl halides is 4. The predicted octanol–water partition coefficient (Wildman–Crippen LogP) is 3.26. The number of carbonyl (C=O) groups is 2. The van der Waals surface area contributed by atoms with Crippen LogP contribution < -0.4 is 22.1 Å². The van der Waals surface area contributed by atoms with Crippen LogP contribution >= 0.6 is 15.9 Å². The monoisotopic (exact) mass is 566 g/mol. The van der Waals surface area contributed by atoms with Crippen LogP contribution in [0.25, 0.3) is 0 Å². The van der Waals surface area contributed by atoms with Gasteiger partial charge in [-0.1, -0.05) is 0 Å². The highest BCUT2D eigenvalue weighted by molar-refractivity contribution is 9.10. The number of nitro benzene ring substituents is 2. The lowest BCUT2D eigenvalue weighted by atomic mass is 10.1. The molecule has 188 valence electrons. The number of benzene rings is 2. The first kappa shape index (κ1) is 27.2. The summed E-state index contributed by atoms with van der Waals surface area (Å²) < 4.78 is 57.3. The number of nitrogens with one attached hydrogen (secondary N) is 2. The van der Waals surface area contributed by atoms with Crippen molar-refractivity contribution < 1.29 is 37.0 Å². The van der Waals surface area contributed by atoms with E-state index in [0.29, 0.717) is 12.1 Å². The highest BCUT2D eigenvalue weighted by Crippen LogP contribution is 2.36. The van der Waals surface area contributed by atoms with Gasteiger partial charge in [0.1, 0.15) is 11.4 Å². The van der Waals surface area contributed by atoms with Gasteiger partial charge in [-0.2, -0.15) is 8.78 Å². The SMILES string of the molecule is NC(=O)c1ccc(NC(F)(F)C(F)C(F)CNc2c(Br)cc(C(N)=O)cc2[N+](=O)[O-])c([N+](=O)[O-])c1. The Labute approximate surface area is 201 Å². The van der Waals surface area contributed by atoms with E-state index >= 15 is 0 Å². The van der Waals surface area contributed by atoms with E-state index in [-0.39, 0.29) is 15.6 Å². The van der Waals surface area contributed by atoms with Gasteiger partial charge in [-0.3, -0.25) is 29.8 Å². The van der Waals surface area contributed by atoms with Gasteiger partial charge in [0.2, 0.25) is 18.0 Å². The first-order chi connectivity index (χ1) is 16.2. The molecule has 12 nitrogen and oxygen atoms in total. The Hall–Kier alpha value is -4.02. The van der Waals surface area contributed by atoms with Crippen LogP contribution in [-0.2, 0) is 0 Å². The predicted molar refractivity (Wildman–Crippen MR) is 118 cm³/mol. The third-order valence-corrected chi connectivity index (χ3v) is 5.09. The number of halogens is 5. The number of nitrogens with zero attached hydrogens (tertiary/aromatic N) is 2. The van der Waals surface area contributed by atoms with E-state index in [1.165, 1.54) is 5.32 Å². The Morgan fingerprint density at radius 2 is 1.54 bits per heavy atom.